The molecule has 0 saturated carbocycles. The lowest BCUT2D eigenvalue weighted by Crippen LogP contribution is -2.47. The van der Waals surface area contributed by atoms with Crippen LogP contribution in [-0.2, 0) is 70.1 Å². The number of aliphatic imine (C=N–C) groups is 3. The standard InChI is InChI=1S/C20H27BrClN3O4S.C13H20BrClN2O2S.C13H20BrClN2OS.C11H14BrClN2OS.C10H9BrCl2N2S.C10H11BrClN3S/c1-18(2,3)28-16(26)25(17(27)29-19(4,5)6)15-24-20(7,8-9-30-15)13-10-12(21)11-23-14(13)22;1-12(2,3)20(19)17-13(4,5-6-18)10-7-9(14)8-16-11(10)15;1-6-13(5,17-19(18)12(2,3)4)10-7-9(14)8-16-11(10)15;1-7(15-17(16)11(2,3)4)9-5-8(12)6-14-10(9)13;1-10(2-3-12,15-6-16)8-4-7(11)5-14-9(8)13;1-10(2-3-16-9(13)15-10)7-4-6(11)5-14-8(7)12/h10-11H,8-9H2,1-7H3;7-8,17-18H,5-6H2,1-4H3;7-8,17H,6H2,1-5H3;5-6H,1-4H3;4-5H,2-3H2,1H3;4-5H,2-3H2,1H3,(H2,13,15)/t20-;13-,20+;13-,19+;17-;2*10-/m000100/s1. The summed E-state index contributed by atoms with van der Waals surface area (Å²) in [4.78, 5) is 64.7. The van der Waals surface area contributed by atoms with Gasteiger partial charge in [0.15, 0.2) is 10.3 Å². The van der Waals surface area contributed by atoms with Gasteiger partial charge in [-0.3, -0.25) is 9.98 Å². The normalized spacial score (nSPS) is 18.1. The van der Waals surface area contributed by atoms with E-state index in [0.29, 0.717) is 89.4 Å². The molecule has 0 aliphatic carbocycles. The van der Waals surface area contributed by atoms with Crippen molar-refractivity contribution in [3.63, 3.8) is 0 Å². The van der Waals surface area contributed by atoms with E-state index in [-0.39, 0.29) is 26.8 Å². The van der Waals surface area contributed by atoms with Crippen LogP contribution < -0.4 is 15.2 Å². The number of ether oxygens (including phenoxy) is 2. The van der Waals surface area contributed by atoms with Crippen molar-refractivity contribution in [3.05, 3.63) is 165 Å². The molecule has 118 heavy (non-hydrogen) atoms. The van der Waals surface area contributed by atoms with Crippen LogP contribution >= 0.6 is 213 Å². The SMILES string of the molecule is CC(=N[S@](=O)C(C)(C)C)c1cc(Br)cnc1Cl.CC(C)(C)OC(=O)N(C(=O)OC(C)(C)C)C1=N[C@](C)(c2cc(Br)cnc2Cl)CCS1.CC(C)(C)[S@@](=O)N[C@@](C)(CCO)c1cc(Br)cnc1Cl.CC[C@](C)(N[S@](=O)C(C)(C)C)c1cc(Br)cnc1Cl.C[C@@](CCCl)(N=C=S)c1cc(Br)cnc1Cl.C[C@@]1(c2cc(Br)cnc2Cl)CCSC(N)=N1. The molecule has 0 unspecified atom stereocenters. The van der Waals surface area contributed by atoms with Crippen LogP contribution in [-0.4, -0.2) is 135 Å². The molecule has 6 aromatic heterocycles. The molecule has 8 heterocycles. The van der Waals surface area contributed by atoms with E-state index in [1.807, 2.05) is 140 Å². The molecular weight excluding hydrogens is 2170 g/mol. The molecule has 6 aromatic rings. The van der Waals surface area contributed by atoms with Crippen LogP contribution in [0, 0.1) is 0 Å². The van der Waals surface area contributed by atoms with Crippen LogP contribution in [0.25, 0.3) is 0 Å². The number of imide groups is 1. The predicted octanol–water partition coefficient (Wildman–Crippen LogP) is 25.1. The Morgan fingerprint density at radius 1 is 0.568 bits per heavy atom. The van der Waals surface area contributed by atoms with E-state index in [1.54, 1.807) is 97.4 Å². The van der Waals surface area contributed by atoms with Gasteiger partial charge in [-0.15, -0.1) is 11.6 Å². The van der Waals surface area contributed by atoms with Gasteiger partial charge in [0.1, 0.15) is 53.1 Å². The first-order valence-electron chi connectivity index (χ1n) is 36.1. The number of amides is 2. The zero-order valence-electron chi connectivity index (χ0n) is 69.5. The van der Waals surface area contributed by atoms with Gasteiger partial charge < -0.3 is 20.3 Å². The van der Waals surface area contributed by atoms with Crippen LogP contribution in [0.15, 0.2) is 120 Å². The molecule has 8 atom stereocenters. The number of nitrogens with two attached hydrogens (primary N) is 1. The molecular formula is C77H101Br6Cl7N14O8S6. The number of pyridine rings is 6. The maximum Gasteiger partial charge on any atom is 0.426 e. The van der Waals surface area contributed by atoms with Crippen LogP contribution in [0.2, 0.25) is 30.9 Å². The van der Waals surface area contributed by atoms with Crippen molar-refractivity contribution in [2.45, 2.75) is 238 Å². The second-order valence-corrected chi connectivity index (χ2v) is 48.5. The Balaban J connectivity index is 0.000000372. The maximum atomic E-state index is 12.9. The van der Waals surface area contributed by atoms with E-state index in [1.165, 1.54) is 11.8 Å². The lowest BCUT2D eigenvalue weighted by Gasteiger charge is -2.35. The Morgan fingerprint density at radius 3 is 1.31 bits per heavy atom. The zero-order chi connectivity index (χ0) is 90.5. The van der Waals surface area contributed by atoms with Crippen LogP contribution in [0.3, 0.4) is 0 Å². The summed E-state index contributed by atoms with van der Waals surface area (Å²) in [6.07, 6.45) is 11.4. The number of aliphatic hydroxyl groups excluding tert-OH is 1. The Kier molecular flexibility index (Phi) is 44.7. The number of rotatable bonds is 17. The fraction of sp³-hybridized carbons (Fsp3) is 0.532. The number of hydrogen-bond donors (Lipinski definition) is 4. The summed E-state index contributed by atoms with van der Waals surface area (Å²) in [6.45, 7) is 40.9. The van der Waals surface area contributed by atoms with E-state index < -0.39 is 83.2 Å². The van der Waals surface area contributed by atoms with Gasteiger partial charge in [-0.1, -0.05) is 100 Å². The Labute approximate surface area is 802 Å². The van der Waals surface area contributed by atoms with Crippen molar-refractivity contribution in [1.82, 2.24) is 44.2 Å². The third-order valence-corrected chi connectivity index (χ3v) is 27.9. The molecule has 2 aliphatic heterocycles. The number of halogens is 13. The summed E-state index contributed by atoms with van der Waals surface area (Å²) in [5.41, 5.74) is 6.56. The molecule has 2 aliphatic rings. The molecule has 0 saturated heterocycles. The highest BCUT2D eigenvalue weighted by Crippen LogP contribution is 2.43. The number of alkyl halides is 1. The summed E-state index contributed by atoms with van der Waals surface area (Å²) in [6, 6.07) is 11.2. The van der Waals surface area contributed by atoms with E-state index in [4.69, 9.17) is 101 Å². The van der Waals surface area contributed by atoms with Crippen LogP contribution in [0.1, 0.15) is 218 Å². The molecule has 0 radical (unpaired) electrons. The number of thiocarbonyl (C=S) groups is 1. The first kappa shape index (κ1) is 110. The van der Waals surface area contributed by atoms with E-state index in [2.05, 4.69) is 167 Å². The number of thioether (sulfide) groups is 2. The fourth-order valence-electron chi connectivity index (χ4n) is 9.72. The maximum absolute atomic E-state index is 12.9. The lowest BCUT2D eigenvalue weighted by molar-refractivity contribution is 0.0151. The van der Waals surface area contributed by atoms with Gasteiger partial charge in [0, 0.05) is 121 Å². The summed E-state index contributed by atoms with van der Waals surface area (Å²) in [7, 11) is -3.76. The number of carbonyl (C=O) groups is 2. The summed E-state index contributed by atoms with van der Waals surface area (Å²) >= 11 is 70.4. The molecule has 0 spiro atoms. The average Bonchev–Trinajstić information content (AvgIpc) is 0.756. The Morgan fingerprint density at radius 2 is 0.932 bits per heavy atom. The van der Waals surface area contributed by atoms with Crippen LogP contribution in [0.5, 0.6) is 0 Å². The number of amidine groups is 2. The smallest absolute Gasteiger partial charge is 0.426 e. The molecule has 654 valence electrons. The molecule has 0 aromatic carbocycles. The molecule has 0 fully saturated rings. The van der Waals surface area contributed by atoms with Gasteiger partial charge in [0.2, 0.25) is 0 Å². The third-order valence-electron chi connectivity index (χ3n) is 16.5. The first-order chi connectivity index (χ1) is 54.1. The second-order valence-electron chi connectivity index (χ2n) is 32.2. The highest BCUT2D eigenvalue weighted by Gasteiger charge is 2.42. The quantitative estimate of drug-likeness (QED) is 0.0285. The van der Waals surface area contributed by atoms with Gasteiger partial charge in [-0.05, 0) is 322 Å². The predicted molar refractivity (Wildman–Crippen MR) is 520 cm³/mol. The summed E-state index contributed by atoms with van der Waals surface area (Å²) < 4.78 is 61.8. The van der Waals surface area contributed by atoms with Gasteiger partial charge in [0.25, 0.3) is 0 Å². The van der Waals surface area contributed by atoms with Crippen molar-refractivity contribution < 1.29 is 36.8 Å². The monoisotopic (exact) mass is 2260 g/mol. The molecule has 8 rings (SSSR count). The highest BCUT2D eigenvalue weighted by molar-refractivity contribution is 9.11. The van der Waals surface area contributed by atoms with Gasteiger partial charge in [0.05, 0.1) is 74.8 Å². The first-order valence-corrected chi connectivity index (χ1v) is 49.4. The van der Waals surface area contributed by atoms with Crippen molar-refractivity contribution in [2.75, 3.05) is 24.0 Å². The number of isothiocyanates is 1. The van der Waals surface area contributed by atoms with Crippen molar-refractivity contribution in [2.24, 2.45) is 25.1 Å². The van der Waals surface area contributed by atoms with E-state index in [9.17, 15) is 27.3 Å². The van der Waals surface area contributed by atoms with Crippen molar-refractivity contribution in [3.8, 4) is 0 Å². The Bertz CT molecular complexity index is 4690. The zero-order valence-corrected chi connectivity index (χ0v) is 89.2. The molecule has 5 N–H and O–H groups in total. The van der Waals surface area contributed by atoms with Gasteiger partial charge in [-0.2, -0.15) is 9.30 Å². The second kappa shape index (κ2) is 47.8. The molecule has 2 amide bonds. The van der Waals surface area contributed by atoms with E-state index in [0.717, 1.165) is 67.0 Å². The highest BCUT2D eigenvalue weighted by atomic mass is 79.9. The van der Waals surface area contributed by atoms with Crippen molar-refractivity contribution in [1.29, 1.82) is 0 Å². The molecule has 22 nitrogen and oxygen atoms in total. The number of aromatic nitrogens is 6. The van der Waals surface area contributed by atoms with Crippen molar-refractivity contribution >= 4 is 279 Å². The van der Waals surface area contributed by atoms with Gasteiger partial charge in [-0.25, -0.2) is 66.6 Å². The Hall–Kier alpha value is -1.81. The largest absolute Gasteiger partial charge is 0.443 e. The minimum Gasteiger partial charge on any atom is -0.443 e. The minimum atomic E-state index is -1.30. The molecule has 0 bridgehead atoms. The number of aliphatic hydroxyl groups is 1. The summed E-state index contributed by atoms with van der Waals surface area (Å²) in [5.74, 6) is 2.02. The minimum absolute atomic E-state index is 0.0479. The van der Waals surface area contributed by atoms with Gasteiger partial charge >= 0.3 is 12.2 Å². The third kappa shape index (κ3) is 35.4. The number of nitrogens with zero attached hydrogens (tertiary/aromatic N) is 11. The molecule has 41 heteroatoms. The topological polar surface area (TPSA) is 304 Å². The number of hydrogen-bond acceptors (Lipinski definition) is 21. The number of carbonyl (C=O) groups excluding carboxylic acids is 2. The average molecular weight is 2270 g/mol. The van der Waals surface area contributed by atoms with Crippen LogP contribution in [0.4, 0.5) is 9.59 Å². The number of nitrogens with one attached hydrogen (secondary N) is 2. The lowest BCUT2D eigenvalue weighted by atomic mass is 9.91. The van der Waals surface area contributed by atoms with E-state index >= 15 is 0 Å². The summed E-state index contributed by atoms with van der Waals surface area (Å²) in [5, 5.41) is 14.9. The fourth-order valence-corrected chi connectivity index (χ4v) is 18.8.